The fourth-order valence-corrected chi connectivity index (χ4v) is 7.69. The summed E-state index contributed by atoms with van der Waals surface area (Å²) >= 11 is 0. The summed E-state index contributed by atoms with van der Waals surface area (Å²) in [5.41, 5.74) is 18.8. The molecule has 10 rings (SSSR count). The Morgan fingerprint density at radius 2 is 1.23 bits per heavy atom. The van der Waals surface area contributed by atoms with Gasteiger partial charge < -0.3 is 50.9 Å². The highest BCUT2D eigenvalue weighted by Crippen LogP contribution is 2.29. The number of aliphatic hydroxyl groups is 2. The molecule has 8 heterocycles. The molecule has 7 aromatic rings. The molecule has 2 saturated heterocycles. The number of carbonyl (C=O) groups excluding carboxylic acids is 1. The van der Waals surface area contributed by atoms with Crippen molar-refractivity contribution in [3.05, 3.63) is 102 Å². The molecular formula is C48H57N13O5. The number of carbonyl (C=O) groups is 1. The zero-order valence-electron chi connectivity index (χ0n) is 37.7. The van der Waals surface area contributed by atoms with Gasteiger partial charge >= 0.3 is 0 Å². The average Bonchev–Trinajstić information content (AvgIpc) is 4.14. The summed E-state index contributed by atoms with van der Waals surface area (Å²) in [5, 5.41) is 25.7. The van der Waals surface area contributed by atoms with Crippen LogP contribution in [-0.2, 0) is 26.3 Å². The number of imidazole rings is 2. The Morgan fingerprint density at radius 3 is 1.67 bits per heavy atom. The number of nitrogens with zero attached hydrogens (tertiary/aromatic N) is 8. The molecule has 0 aliphatic carbocycles. The average molecular weight is 896 g/mol. The van der Waals surface area contributed by atoms with E-state index in [0.717, 1.165) is 113 Å². The normalized spacial score (nSPS) is 15.5. The van der Waals surface area contributed by atoms with Crippen LogP contribution in [0.2, 0.25) is 0 Å². The second-order valence-corrected chi connectivity index (χ2v) is 17.5. The molecule has 0 saturated carbocycles. The smallest absolute Gasteiger partial charge is 0.156 e. The van der Waals surface area contributed by atoms with E-state index in [1.54, 1.807) is 40.0 Å². The number of pyridine rings is 2. The number of anilines is 4. The molecule has 2 fully saturated rings. The molecule has 344 valence electrons. The second kappa shape index (κ2) is 19.6. The number of nitrogen functional groups attached to an aromatic ring is 2. The number of benzene rings is 2. The van der Waals surface area contributed by atoms with Gasteiger partial charge in [-0.05, 0) is 81.3 Å². The van der Waals surface area contributed by atoms with Crippen molar-refractivity contribution < 1.29 is 24.5 Å². The fourth-order valence-electron chi connectivity index (χ4n) is 7.69. The van der Waals surface area contributed by atoms with E-state index in [1.165, 1.54) is 0 Å². The molecule has 0 unspecified atom stereocenters. The van der Waals surface area contributed by atoms with E-state index in [4.69, 9.17) is 30.9 Å². The molecule has 0 radical (unpaired) electrons. The van der Waals surface area contributed by atoms with Gasteiger partial charge in [-0.25, -0.2) is 19.9 Å². The van der Waals surface area contributed by atoms with E-state index in [1.807, 2.05) is 72.9 Å². The number of aliphatic imine (C=N–C) groups is 1. The number of Topliss-reactive ketones (excluding diaryl/α,β-unsaturated/α-hetero) is 1. The van der Waals surface area contributed by atoms with Crippen LogP contribution in [0.3, 0.4) is 0 Å². The van der Waals surface area contributed by atoms with E-state index in [0.29, 0.717) is 49.8 Å². The molecule has 0 bridgehead atoms. The predicted octanol–water partition coefficient (Wildman–Crippen LogP) is 5.38. The molecule has 66 heavy (non-hydrogen) atoms. The van der Waals surface area contributed by atoms with Crippen LogP contribution in [0.15, 0.2) is 95.8 Å². The number of hydrogen-bond donors (Lipinski definition) is 7. The number of nitrogens with one attached hydrogen (secondary N) is 3. The Hall–Kier alpha value is -6.99. The zero-order valence-corrected chi connectivity index (χ0v) is 37.7. The number of aromatic nitrogens is 8. The first-order chi connectivity index (χ1) is 31.7. The highest BCUT2D eigenvalue weighted by molar-refractivity contribution is 6.04. The number of ketones is 1. The van der Waals surface area contributed by atoms with Gasteiger partial charge in [-0.3, -0.25) is 14.9 Å². The van der Waals surface area contributed by atoms with Crippen molar-refractivity contribution in [2.75, 3.05) is 80.4 Å². The molecule has 0 atom stereocenters. The molecule has 5 aromatic heterocycles. The highest BCUT2D eigenvalue weighted by Gasteiger charge is 2.24. The minimum atomic E-state index is -0.976. The van der Waals surface area contributed by atoms with Crippen molar-refractivity contribution in [3.8, 4) is 22.8 Å². The number of nitrogens with two attached hydrogens (primary N) is 2. The molecular weight excluding hydrogens is 839 g/mol. The first kappa shape index (κ1) is 45.6. The minimum absolute atomic E-state index is 0.135. The summed E-state index contributed by atoms with van der Waals surface area (Å²) in [6, 6.07) is 21.1. The molecule has 2 aromatic carbocycles. The summed E-state index contributed by atoms with van der Waals surface area (Å²) in [4.78, 5) is 46.8. The first-order valence-electron chi connectivity index (χ1n) is 22.0. The number of morpholine rings is 2. The van der Waals surface area contributed by atoms with Gasteiger partial charge in [-0.15, -0.1) is 0 Å². The number of aromatic amines is 3. The number of ether oxygens (including phenoxy) is 2. The van der Waals surface area contributed by atoms with Gasteiger partial charge in [-0.2, -0.15) is 5.10 Å². The van der Waals surface area contributed by atoms with Gasteiger partial charge in [0.15, 0.2) is 11.6 Å². The Kier molecular flexibility index (Phi) is 13.6. The van der Waals surface area contributed by atoms with Crippen LogP contribution >= 0.6 is 0 Å². The van der Waals surface area contributed by atoms with E-state index in [2.05, 4.69) is 44.9 Å². The van der Waals surface area contributed by atoms with Crippen molar-refractivity contribution in [2.45, 2.75) is 51.7 Å². The summed E-state index contributed by atoms with van der Waals surface area (Å²) in [7, 11) is 0. The first-order valence-corrected chi connectivity index (χ1v) is 22.0. The lowest BCUT2D eigenvalue weighted by molar-refractivity contribution is -0.117. The van der Waals surface area contributed by atoms with Crippen molar-refractivity contribution in [2.24, 2.45) is 4.99 Å². The van der Waals surface area contributed by atoms with Gasteiger partial charge in [0.25, 0.3) is 0 Å². The summed E-state index contributed by atoms with van der Waals surface area (Å²) < 4.78 is 10.9. The maximum Gasteiger partial charge on any atom is 0.156 e. The number of fused-ring (bicyclic) bond motifs is 2. The molecule has 0 amide bonds. The maximum absolute atomic E-state index is 12.6. The number of rotatable bonds is 10. The highest BCUT2D eigenvalue weighted by atomic mass is 16.5. The van der Waals surface area contributed by atoms with Gasteiger partial charge in [0.2, 0.25) is 0 Å². The van der Waals surface area contributed by atoms with E-state index in [-0.39, 0.29) is 5.78 Å². The van der Waals surface area contributed by atoms with Crippen LogP contribution in [0.4, 0.5) is 23.1 Å². The molecule has 18 heteroatoms. The van der Waals surface area contributed by atoms with Crippen LogP contribution in [0.5, 0.6) is 0 Å². The van der Waals surface area contributed by atoms with Gasteiger partial charge in [0.05, 0.1) is 55.4 Å². The molecule has 9 N–H and O–H groups in total. The third-order valence-electron chi connectivity index (χ3n) is 11.3. The monoisotopic (exact) mass is 895 g/mol. The summed E-state index contributed by atoms with van der Waals surface area (Å²) in [6.45, 7) is 13.4. The van der Waals surface area contributed by atoms with Crippen LogP contribution in [0, 0.1) is 0 Å². The quantitative estimate of drug-likeness (QED) is 0.0852. The molecule has 3 aliphatic heterocycles. The number of H-pyrrole nitrogens is 3. The largest absolute Gasteiger partial charge is 0.399 e. The maximum atomic E-state index is 12.6. The Labute approximate surface area is 382 Å². The standard InChI is InChI=1S/C26H29N5O3.C16H17N5O.C6H11N3O/c1-26(2,33)22-15-18(16-28-22)14-20(32)13-17-3-5-19(6-4-17)24-29-21-7-8-27-25(23(21)30-24)31-9-11-34-12-10-31;17-12-3-1-11(2-4-12)15-19-13-5-6-18-16(14(13)20-15)21-7-9-22-10-8-21;1-6(2,10)4-3-5(7)9-8-4/h3-8,15,33H,9-14,16H2,1-2H3,(H,29,30);1-6H,7-10,17H2,(H,19,20);3,10H,1-2H3,(H3,7,8,9). The SMILES string of the molecule is CC(C)(O)C1=NCC(CC(=O)Cc2ccc(-c3nc4c(N5CCOCC5)nccc4[nH]3)cc2)=C1.CC(C)(O)c1cc(N)n[nH]1.Nc1ccc(-c2nc3c(N4CCOCC4)nccc3[nH]2)cc1. The summed E-state index contributed by atoms with van der Waals surface area (Å²) in [6.07, 6.45) is 6.19. The summed E-state index contributed by atoms with van der Waals surface area (Å²) in [5.74, 6) is 3.94. The lowest BCUT2D eigenvalue weighted by Gasteiger charge is -2.27. The van der Waals surface area contributed by atoms with Gasteiger partial charge in [0.1, 0.15) is 45.5 Å². The second-order valence-electron chi connectivity index (χ2n) is 17.5. The Morgan fingerprint density at radius 1 is 0.712 bits per heavy atom. The molecule has 3 aliphatic rings. The zero-order chi connectivity index (χ0) is 46.4. The third-order valence-corrected chi connectivity index (χ3v) is 11.3. The Balaban J connectivity index is 0.000000157. The van der Waals surface area contributed by atoms with E-state index in [9.17, 15) is 15.0 Å². The third kappa shape index (κ3) is 11.1. The van der Waals surface area contributed by atoms with Crippen molar-refractivity contribution in [1.29, 1.82) is 0 Å². The predicted molar refractivity (Wildman–Crippen MR) is 257 cm³/mol. The van der Waals surface area contributed by atoms with E-state index < -0.39 is 11.2 Å². The van der Waals surface area contributed by atoms with Crippen molar-refractivity contribution >= 4 is 56.7 Å². The van der Waals surface area contributed by atoms with Crippen molar-refractivity contribution in [1.82, 2.24) is 40.1 Å². The van der Waals surface area contributed by atoms with Crippen LogP contribution in [0.1, 0.15) is 45.4 Å². The topological polar surface area (TPSA) is 259 Å². The van der Waals surface area contributed by atoms with Crippen molar-refractivity contribution in [3.63, 3.8) is 0 Å². The molecule has 0 spiro atoms. The van der Waals surface area contributed by atoms with E-state index >= 15 is 0 Å². The van der Waals surface area contributed by atoms with Gasteiger partial charge in [-0.1, -0.05) is 24.3 Å². The minimum Gasteiger partial charge on any atom is -0.399 e. The molecule has 18 nitrogen and oxygen atoms in total. The van der Waals surface area contributed by atoms with Gasteiger partial charge in [0, 0.05) is 74.3 Å². The van der Waals surface area contributed by atoms with Crippen LogP contribution in [0.25, 0.3) is 44.8 Å². The lowest BCUT2D eigenvalue weighted by Crippen LogP contribution is -2.36. The number of hydrogen-bond acceptors (Lipinski definition) is 15. The van der Waals surface area contributed by atoms with Crippen LogP contribution in [-0.4, -0.2) is 127 Å². The Bertz CT molecular complexity index is 2820. The fraction of sp³-hybridized carbons (Fsp3) is 0.354. The lowest BCUT2D eigenvalue weighted by atomic mass is 9.99. The van der Waals surface area contributed by atoms with Crippen LogP contribution < -0.4 is 21.3 Å².